The molecule has 1 amide bonds. The minimum Gasteiger partial charge on any atom is -0.342 e. The average Bonchev–Trinajstić information content (AvgIpc) is 3.09. The maximum absolute atomic E-state index is 12.3. The molecular weight excluding hydrogens is 306 g/mol. The van der Waals surface area contributed by atoms with E-state index in [1.165, 1.54) is 5.56 Å². The van der Waals surface area contributed by atoms with Crippen LogP contribution in [0.5, 0.6) is 0 Å². The Labute approximate surface area is 141 Å². The van der Waals surface area contributed by atoms with Crippen molar-refractivity contribution in [1.82, 2.24) is 14.7 Å². The van der Waals surface area contributed by atoms with E-state index in [0.717, 1.165) is 38.2 Å². The van der Waals surface area contributed by atoms with E-state index in [1.807, 2.05) is 46.2 Å². The molecule has 1 saturated heterocycles. The summed E-state index contributed by atoms with van der Waals surface area (Å²) in [6, 6.07) is 12.3. The number of likely N-dealkylation sites (tertiary alicyclic amines) is 1. The predicted molar refractivity (Wildman–Crippen MR) is 94.1 cm³/mol. The minimum absolute atomic E-state index is 0.281. The lowest BCUT2D eigenvalue weighted by atomic mass is 9.97. The van der Waals surface area contributed by atoms with E-state index in [1.54, 1.807) is 11.8 Å². The Balaban J connectivity index is 1.36. The number of rotatable bonds is 6. The Bertz CT molecular complexity index is 592. The lowest BCUT2D eigenvalue weighted by Crippen LogP contribution is -2.40. The molecule has 0 spiro atoms. The van der Waals surface area contributed by atoms with Gasteiger partial charge >= 0.3 is 0 Å². The fraction of sp³-hybridized carbons (Fsp3) is 0.444. The van der Waals surface area contributed by atoms with E-state index in [-0.39, 0.29) is 5.91 Å². The monoisotopic (exact) mass is 329 g/mol. The molecule has 0 atom stereocenters. The summed E-state index contributed by atoms with van der Waals surface area (Å²) in [6.45, 7) is 2.74. The van der Waals surface area contributed by atoms with Crippen LogP contribution < -0.4 is 0 Å². The molecule has 4 nitrogen and oxygen atoms in total. The van der Waals surface area contributed by atoms with Gasteiger partial charge in [-0.3, -0.25) is 9.48 Å². The van der Waals surface area contributed by atoms with Crippen LogP contribution in [0.25, 0.3) is 0 Å². The lowest BCUT2D eigenvalue weighted by molar-refractivity contribution is -0.129. The van der Waals surface area contributed by atoms with Crippen molar-refractivity contribution in [3.8, 4) is 0 Å². The molecule has 5 heteroatoms. The number of carbonyl (C=O) groups is 1. The van der Waals surface area contributed by atoms with Gasteiger partial charge < -0.3 is 4.90 Å². The van der Waals surface area contributed by atoms with Crippen molar-refractivity contribution < 1.29 is 4.79 Å². The molecule has 1 aromatic heterocycles. The van der Waals surface area contributed by atoms with Crippen molar-refractivity contribution >= 4 is 17.7 Å². The maximum atomic E-state index is 12.3. The molecule has 1 aliphatic heterocycles. The first-order valence-electron chi connectivity index (χ1n) is 8.18. The van der Waals surface area contributed by atoms with Gasteiger partial charge in [0.25, 0.3) is 0 Å². The highest BCUT2D eigenvalue weighted by atomic mass is 32.2. The molecule has 0 radical (unpaired) electrons. The first-order valence-corrected chi connectivity index (χ1v) is 9.33. The van der Waals surface area contributed by atoms with Crippen molar-refractivity contribution in [2.45, 2.75) is 25.1 Å². The molecule has 2 aromatic rings. The number of hydrogen-bond donors (Lipinski definition) is 0. The normalized spacial score (nSPS) is 15.7. The number of amides is 1. The van der Waals surface area contributed by atoms with Crippen LogP contribution in [0.3, 0.4) is 0 Å². The molecule has 0 aliphatic carbocycles. The van der Waals surface area contributed by atoms with Gasteiger partial charge in [-0.15, -0.1) is 11.8 Å². The van der Waals surface area contributed by atoms with Crippen molar-refractivity contribution in [1.29, 1.82) is 0 Å². The molecule has 1 fully saturated rings. The number of piperidine rings is 1. The standard InChI is InChI=1S/C18H23N3OS/c22-18(15-23-14-17-5-2-1-3-6-17)20-11-7-16(8-12-20)13-21-10-4-9-19-21/h1-6,9-10,16H,7-8,11-15H2. The Morgan fingerprint density at radius 2 is 1.96 bits per heavy atom. The molecule has 0 unspecified atom stereocenters. The van der Waals surface area contributed by atoms with Gasteiger partial charge in [-0.05, 0) is 30.4 Å². The second kappa shape index (κ2) is 8.20. The Kier molecular flexibility index (Phi) is 5.75. The summed E-state index contributed by atoms with van der Waals surface area (Å²) >= 11 is 1.71. The van der Waals surface area contributed by atoms with E-state index in [0.29, 0.717) is 11.7 Å². The highest BCUT2D eigenvalue weighted by molar-refractivity contribution is 7.99. The number of hydrogen-bond acceptors (Lipinski definition) is 3. The van der Waals surface area contributed by atoms with Crippen molar-refractivity contribution in [2.75, 3.05) is 18.8 Å². The van der Waals surface area contributed by atoms with Gasteiger partial charge in [-0.2, -0.15) is 5.10 Å². The second-order valence-electron chi connectivity index (χ2n) is 6.03. The third kappa shape index (κ3) is 4.86. The highest BCUT2D eigenvalue weighted by Crippen LogP contribution is 2.20. The third-order valence-corrected chi connectivity index (χ3v) is 5.30. The molecule has 23 heavy (non-hydrogen) atoms. The van der Waals surface area contributed by atoms with Crippen molar-refractivity contribution in [3.63, 3.8) is 0 Å². The largest absolute Gasteiger partial charge is 0.342 e. The number of aromatic nitrogens is 2. The fourth-order valence-electron chi connectivity index (χ4n) is 2.96. The maximum Gasteiger partial charge on any atom is 0.232 e. The Morgan fingerprint density at radius 3 is 2.65 bits per heavy atom. The lowest BCUT2D eigenvalue weighted by Gasteiger charge is -2.32. The SMILES string of the molecule is O=C(CSCc1ccccc1)N1CCC(Cn2cccn2)CC1. The third-order valence-electron chi connectivity index (χ3n) is 4.31. The van der Waals surface area contributed by atoms with E-state index < -0.39 is 0 Å². The van der Waals surface area contributed by atoms with Crippen LogP contribution in [0.15, 0.2) is 48.8 Å². The summed E-state index contributed by atoms with van der Waals surface area (Å²) < 4.78 is 2.00. The van der Waals surface area contributed by atoms with Crippen LogP contribution >= 0.6 is 11.8 Å². The molecule has 1 aliphatic rings. The van der Waals surface area contributed by atoms with Crippen molar-refractivity contribution in [3.05, 3.63) is 54.4 Å². The van der Waals surface area contributed by atoms with Crippen LogP contribution in [0, 0.1) is 5.92 Å². The average molecular weight is 329 g/mol. The van der Waals surface area contributed by atoms with Crippen LogP contribution in [-0.4, -0.2) is 39.4 Å². The first kappa shape index (κ1) is 16.1. The predicted octanol–water partition coefficient (Wildman–Crippen LogP) is 3.06. The zero-order chi connectivity index (χ0) is 15.9. The highest BCUT2D eigenvalue weighted by Gasteiger charge is 2.22. The zero-order valence-electron chi connectivity index (χ0n) is 13.3. The smallest absolute Gasteiger partial charge is 0.232 e. The molecule has 122 valence electrons. The zero-order valence-corrected chi connectivity index (χ0v) is 14.1. The summed E-state index contributed by atoms with van der Waals surface area (Å²) in [5, 5.41) is 4.27. The van der Waals surface area contributed by atoms with E-state index >= 15 is 0 Å². The summed E-state index contributed by atoms with van der Waals surface area (Å²) in [6.07, 6.45) is 5.99. The van der Waals surface area contributed by atoms with E-state index in [2.05, 4.69) is 17.2 Å². The van der Waals surface area contributed by atoms with Gasteiger partial charge in [0.05, 0.1) is 5.75 Å². The van der Waals surface area contributed by atoms with E-state index in [9.17, 15) is 4.79 Å². The van der Waals surface area contributed by atoms with Crippen LogP contribution in [-0.2, 0) is 17.1 Å². The molecule has 0 bridgehead atoms. The first-order chi connectivity index (χ1) is 11.3. The van der Waals surface area contributed by atoms with Gasteiger partial charge in [-0.25, -0.2) is 0 Å². The fourth-order valence-corrected chi connectivity index (χ4v) is 3.85. The number of nitrogens with zero attached hydrogens (tertiary/aromatic N) is 3. The number of thioether (sulfide) groups is 1. The van der Waals surface area contributed by atoms with Crippen LogP contribution in [0.1, 0.15) is 18.4 Å². The molecule has 0 N–H and O–H groups in total. The van der Waals surface area contributed by atoms with Gasteiger partial charge in [-0.1, -0.05) is 30.3 Å². The summed E-state index contributed by atoms with van der Waals surface area (Å²) in [7, 11) is 0. The Morgan fingerprint density at radius 1 is 1.17 bits per heavy atom. The van der Waals surface area contributed by atoms with Gasteiger partial charge in [0.1, 0.15) is 0 Å². The minimum atomic E-state index is 0.281. The summed E-state index contributed by atoms with van der Waals surface area (Å²) in [4.78, 5) is 14.3. The van der Waals surface area contributed by atoms with Crippen LogP contribution in [0.2, 0.25) is 0 Å². The summed E-state index contributed by atoms with van der Waals surface area (Å²) in [5.74, 6) is 2.40. The molecule has 0 saturated carbocycles. The molecule has 3 rings (SSSR count). The van der Waals surface area contributed by atoms with Gasteiger partial charge in [0.2, 0.25) is 5.91 Å². The number of carbonyl (C=O) groups excluding carboxylic acids is 1. The molecule has 2 heterocycles. The summed E-state index contributed by atoms with van der Waals surface area (Å²) in [5.41, 5.74) is 1.28. The van der Waals surface area contributed by atoms with Crippen LogP contribution in [0.4, 0.5) is 0 Å². The molecular formula is C18H23N3OS. The van der Waals surface area contributed by atoms with Gasteiger partial charge in [0, 0.05) is 37.8 Å². The Hall–Kier alpha value is -1.75. The van der Waals surface area contributed by atoms with Crippen molar-refractivity contribution in [2.24, 2.45) is 5.92 Å². The quantitative estimate of drug-likeness (QED) is 0.817. The topological polar surface area (TPSA) is 38.1 Å². The van der Waals surface area contributed by atoms with Gasteiger partial charge in [0.15, 0.2) is 0 Å². The van der Waals surface area contributed by atoms with E-state index in [4.69, 9.17) is 0 Å². The second-order valence-corrected chi connectivity index (χ2v) is 7.02. The molecule has 1 aromatic carbocycles. The number of benzene rings is 1.